The van der Waals surface area contributed by atoms with E-state index in [9.17, 15) is 0 Å². The van der Waals surface area contributed by atoms with E-state index < -0.39 is 0 Å². The van der Waals surface area contributed by atoms with Crippen molar-refractivity contribution in [2.24, 2.45) is 5.92 Å². The molecule has 1 heterocycles. The highest BCUT2D eigenvalue weighted by Gasteiger charge is 2.23. The maximum Gasteiger partial charge on any atom is 0.0766 e. The summed E-state index contributed by atoms with van der Waals surface area (Å²) >= 11 is 3.78. The van der Waals surface area contributed by atoms with Crippen LogP contribution < -0.4 is 5.32 Å². The minimum Gasteiger partial charge on any atom is -0.316 e. The van der Waals surface area contributed by atoms with Crippen LogP contribution in [-0.4, -0.2) is 22.9 Å². The lowest BCUT2D eigenvalue weighted by atomic mass is 9.88. The summed E-state index contributed by atoms with van der Waals surface area (Å²) in [7, 11) is 2.10. The highest BCUT2D eigenvalue weighted by Crippen LogP contribution is 2.27. The molecule has 0 bridgehead atoms. The first-order valence-electron chi connectivity index (χ1n) is 8.53. The molecule has 122 valence electrons. The van der Waals surface area contributed by atoms with Gasteiger partial charge in [-0.15, -0.1) is 0 Å². The lowest BCUT2D eigenvalue weighted by Crippen LogP contribution is -2.36. The number of hydrogen-bond acceptors (Lipinski definition) is 2. The molecule has 1 rings (SSSR count). The molecule has 1 aromatic heterocycles. The average molecular weight is 358 g/mol. The van der Waals surface area contributed by atoms with E-state index >= 15 is 0 Å². The Balaban J connectivity index is 2.96. The molecule has 1 N–H and O–H groups in total. The Bertz CT molecular complexity index is 408. The van der Waals surface area contributed by atoms with Crippen LogP contribution in [0, 0.1) is 5.92 Å². The van der Waals surface area contributed by atoms with Gasteiger partial charge in [-0.1, -0.05) is 33.6 Å². The number of aromatic nitrogens is 2. The number of nitrogens with one attached hydrogen (secondary N) is 1. The fourth-order valence-corrected chi connectivity index (χ4v) is 3.94. The zero-order chi connectivity index (χ0) is 15.8. The molecular formula is C17H32BrN3. The number of halogens is 1. The van der Waals surface area contributed by atoms with E-state index in [0.29, 0.717) is 6.04 Å². The first-order chi connectivity index (χ1) is 10.1. The van der Waals surface area contributed by atoms with E-state index in [1.165, 1.54) is 41.5 Å². The summed E-state index contributed by atoms with van der Waals surface area (Å²) in [5.74, 6) is 0.752. The van der Waals surface area contributed by atoms with Gasteiger partial charge in [0, 0.05) is 19.0 Å². The number of nitrogens with zero attached hydrogens (tertiary/aromatic N) is 2. The van der Waals surface area contributed by atoms with Crippen molar-refractivity contribution < 1.29 is 0 Å². The average Bonchev–Trinajstić information content (AvgIpc) is 2.80. The molecule has 21 heavy (non-hydrogen) atoms. The van der Waals surface area contributed by atoms with Crippen LogP contribution in [0.15, 0.2) is 4.47 Å². The lowest BCUT2D eigenvalue weighted by Gasteiger charge is -2.27. The van der Waals surface area contributed by atoms with Crippen LogP contribution in [0.5, 0.6) is 0 Å². The second kappa shape index (κ2) is 9.62. The van der Waals surface area contributed by atoms with Crippen LogP contribution in [0.2, 0.25) is 0 Å². The Morgan fingerprint density at radius 1 is 1.14 bits per heavy atom. The third-order valence-corrected chi connectivity index (χ3v) is 5.28. The summed E-state index contributed by atoms with van der Waals surface area (Å²) in [4.78, 5) is 0. The highest BCUT2D eigenvalue weighted by atomic mass is 79.9. The normalized spacial score (nSPS) is 13.1. The standard InChI is InChI=1S/C17H32BrN3/c1-6-10-13(11-7-2)15(19-5)12-16-17(18)14(8-3)20-21(16)9-4/h13,15,19H,6-12H2,1-5H3. The lowest BCUT2D eigenvalue weighted by molar-refractivity contribution is 0.317. The van der Waals surface area contributed by atoms with Crippen molar-refractivity contribution in [2.75, 3.05) is 7.05 Å². The summed E-state index contributed by atoms with van der Waals surface area (Å²) < 4.78 is 3.39. The van der Waals surface area contributed by atoms with Crippen molar-refractivity contribution >= 4 is 15.9 Å². The van der Waals surface area contributed by atoms with Crippen LogP contribution in [0.1, 0.15) is 64.8 Å². The molecule has 1 atom stereocenters. The fourth-order valence-electron chi connectivity index (χ4n) is 3.21. The van der Waals surface area contributed by atoms with Crippen LogP contribution in [-0.2, 0) is 19.4 Å². The van der Waals surface area contributed by atoms with E-state index in [0.717, 1.165) is 25.3 Å². The van der Waals surface area contributed by atoms with Gasteiger partial charge >= 0.3 is 0 Å². The van der Waals surface area contributed by atoms with Gasteiger partial charge in [0.15, 0.2) is 0 Å². The number of hydrogen-bond donors (Lipinski definition) is 1. The fraction of sp³-hybridized carbons (Fsp3) is 0.824. The Hall–Kier alpha value is -0.350. The van der Waals surface area contributed by atoms with E-state index in [1.807, 2.05) is 0 Å². The SMILES string of the molecule is CCCC(CCC)C(Cc1c(Br)c(CC)nn1CC)NC. The Morgan fingerprint density at radius 3 is 2.19 bits per heavy atom. The molecule has 3 nitrogen and oxygen atoms in total. The minimum atomic E-state index is 0.535. The second-order valence-corrected chi connectivity index (χ2v) is 6.61. The Kier molecular flexibility index (Phi) is 8.57. The first-order valence-corrected chi connectivity index (χ1v) is 9.33. The number of likely N-dealkylation sites (N-methyl/N-ethyl adjacent to an activating group) is 1. The molecule has 0 aliphatic carbocycles. The minimum absolute atomic E-state index is 0.535. The largest absolute Gasteiger partial charge is 0.316 e. The highest BCUT2D eigenvalue weighted by molar-refractivity contribution is 9.10. The quantitative estimate of drug-likeness (QED) is 0.664. The molecule has 4 heteroatoms. The van der Waals surface area contributed by atoms with Crippen LogP contribution in [0.4, 0.5) is 0 Å². The third kappa shape index (κ3) is 4.82. The summed E-state index contributed by atoms with van der Waals surface area (Å²) in [6.07, 6.45) is 7.17. The van der Waals surface area contributed by atoms with Gasteiger partial charge in [0.2, 0.25) is 0 Å². The zero-order valence-corrected chi connectivity index (χ0v) is 16.0. The summed E-state index contributed by atoms with van der Waals surface area (Å²) in [6, 6.07) is 0.535. The molecular weight excluding hydrogens is 326 g/mol. The molecule has 0 spiro atoms. The Labute approximate surface area is 139 Å². The van der Waals surface area contributed by atoms with E-state index in [1.54, 1.807) is 0 Å². The van der Waals surface area contributed by atoms with Crippen molar-refractivity contribution in [3.8, 4) is 0 Å². The zero-order valence-electron chi connectivity index (χ0n) is 14.4. The van der Waals surface area contributed by atoms with Gasteiger partial charge in [-0.2, -0.15) is 5.10 Å². The molecule has 0 aromatic carbocycles. The number of rotatable bonds is 10. The molecule has 0 saturated carbocycles. The molecule has 0 aliphatic heterocycles. The predicted molar refractivity (Wildman–Crippen MR) is 94.8 cm³/mol. The van der Waals surface area contributed by atoms with Gasteiger partial charge in [-0.25, -0.2) is 0 Å². The summed E-state index contributed by atoms with van der Waals surface area (Å²) in [6.45, 7) is 9.86. The van der Waals surface area contributed by atoms with Crippen molar-refractivity contribution in [1.82, 2.24) is 15.1 Å². The Morgan fingerprint density at radius 2 is 1.76 bits per heavy atom. The molecule has 0 radical (unpaired) electrons. The van der Waals surface area contributed by atoms with E-state index in [2.05, 4.69) is 60.7 Å². The second-order valence-electron chi connectivity index (χ2n) is 5.81. The third-order valence-electron chi connectivity index (χ3n) is 4.37. The smallest absolute Gasteiger partial charge is 0.0766 e. The van der Waals surface area contributed by atoms with Gasteiger partial charge in [0.1, 0.15) is 0 Å². The van der Waals surface area contributed by atoms with Gasteiger partial charge in [0.05, 0.1) is 15.9 Å². The van der Waals surface area contributed by atoms with Gasteiger partial charge in [-0.3, -0.25) is 4.68 Å². The van der Waals surface area contributed by atoms with Crippen LogP contribution >= 0.6 is 15.9 Å². The maximum atomic E-state index is 4.73. The van der Waals surface area contributed by atoms with E-state index in [-0.39, 0.29) is 0 Å². The van der Waals surface area contributed by atoms with Crippen molar-refractivity contribution in [3.63, 3.8) is 0 Å². The molecule has 1 aromatic rings. The van der Waals surface area contributed by atoms with Gasteiger partial charge in [0.25, 0.3) is 0 Å². The maximum absolute atomic E-state index is 4.73. The first kappa shape index (κ1) is 18.7. The topological polar surface area (TPSA) is 29.9 Å². The molecule has 1 unspecified atom stereocenters. The van der Waals surface area contributed by atoms with E-state index in [4.69, 9.17) is 5.10 Å². The molecule has 0 fully saturated rings. The van der Waals surface area contributed by atoms with Crippen LogP contribution in [0.3, 0.4) is 0 Å². The molecule has 0 saturated heterocycles. The van der Waals surface area contributed by atoms with Gasteiger partial charge in [-0.05, 0) is 55.1 Å². The summed E-state index contributed by atoms with van der Waals surface area (Å²) in [5.41, 5.74) is 2.54. The predicted octanol–water partition coefficient (Wildman–Crippen LogP) is 4.57. The summed E-state index contributed by atoms with van der Waals surface area (Å²) in [5, 5.41) is 8.29. The monoisotopic (exact) mass is 357 g/mol. The number of aryl methyl sites for hydroxylation is 2. The van der Waals surface area contributed by atoms with Crippen molar-refractivity contribution in [2.45, 2.75) is 78.8 Å². The van der Waals surface area contributed by atoms with Gasteiger partial charge < -0.3 is 5.32 Å². The van der Waals surface area contributed by atoms with Crippen molar-refractivity contribution in [3.05, 3.63) is 15.9 Å². The molecule has 0 aliphatic rings. The van der Waals surface area contributed by atoms with Crippen molar-refractivity contribution in [1.29, 1.82) is 0 Å². The molecule has 0 amide bonds. The van der Waals surface area contributed by atoms with Crippen LogP contribution in [0.25, 0.3) is 0 Å².